The smallest absolute Gasteiger partial charge is 0.241 e. The molecule has 0 fully saturated rings. The summed E-state index contributed by atoms with van der Waals surface area (Å²) in [6, 6.07) is 14.0. The maximum Gasteiger partial charge on any atom is 0.241 e. The Morgan fingerprint density at radius 2 is 1.80 bits per heavy atom. The van der Waals surface area contributed by atoms with Crippen molar-refractivity contribution in [2.45, 2.75) is 6.54 Å². The number of hydrogen-bond acceptors (Lipinski definition) is 4. The quantitative estimate of drug-likeness (QED) is 0.737. The number of hydrogen-bond donors (Lipinski definition) is 1. The second-order valence-corrected chi connectivity index (χ2v) is 8.16. The summed E-state index contributed by atoms with van der Waals surface area (Å²) >= 11 is 3.30. The summed E-state index contributed by atoms with van der Waals surface area (Å²) in [5.41, 5.74) is 1.24. The van der Waals surface area contributed by atoms with Gasteiger partial charge < -0.3 is 10.1 Å². The van der Waals surface area contributed by atoms with Crippen LogP contribution in [0, 0.1) is 0 Å². The molecule has 0 aliphatic rings. The van der Waals surface area contributed by atoms with Crippen molar-refractivity contribution in [2.24, 2.45) is 0 Å². The lowest BCUT2D eigenvalue weighted by atomic mass is 10.2. The lowest BCUT2D eigenvalue weighted by Gasteiger charge is -2.22. The van der Waals surface area contributed by atoms with E-state index in [2.05, 4.69) is 21.2 Å². The Balaban J connectivity index is 2.08. The van der Waals surface area contributed by atoms with Crippen molar-refractivity contribution in [1.82, 2.24) is 5.32 Å². The molecular weight excluding hydrogens is 408 g/mol. The Bertz CT molecular complexity index is 838. The number of sulfonamides is 1. The molecule has 0 atom stereocenters. The third-order valence-electron chi connectivity index (χ3n) is 3.47. The highest BCUT2D eigenvalue weighted by molar-refractivity contribution is 9.10. The van der Waals surface area contributed by atoms with Crippen molar-refractivity contribution < 1.29 is 17.9 Å². The van der Waals surface area contributed by atoms with E-state index in [4.69, 9.17) is 4.74 Å². The predicted octanol–water partition coefficient (Wildman–Crippen LogP) is 2.54. The predicted molar refractivity (Wildman–Crippen MR) is 101 cm³/mol. The average Bonchev–Trinajstić information content (AvgIpc) is 2.58. The van der Waals surface area contributed by atoms with Gasteiger partial charge >= 0.3 is 0 Å². The minimum atomic E-state index is -3.59. The molecule has 1 N–H and O–H groups in total. The van der Waals surface area contributed by atoms with Gasteiger partial charge in [-0.2, -0.15) is 0 Å². The van der Waals surface area contributed by atoms with Crippen LogP contribution in [-0.4, -0.2) is 34.2 Å². The van der Waals surface area contributed by atoms with Gasteiger partial charge in [0.05, 0.1) is 19.1 Å². The van der Waals surface area contributed by atoms with Crippen molar-refractivity contribution >= 4 is 37.5 Å². The highest BCUT2D eigenvalue weighted by Crippen LogP contribution is 2.21. The Hall–Kier alpha value is -2.06. The van der Waals surface area contributed by atoms with E-state index < -0.39 is 15.9 Å². The third kappa shape index (κ3) is 5.47. The van der Waals surface area contributed by atoms with Crippen LogP contribution in [0.5, 0.6) is 5.75 Å². The van der Waals surface area contributed by atoms with E-state index >= 15 is 0 Å². The van der Waals surface area contributed by atoms with Crippen LogP contribution in [0.25, 0.3) is 0 Å². The molecule has 6 nitrogen and oxygen atoms in total. The minimum absolute atomic E-state index is 0.251. The van der Waals surface area contributed by atoms with Gasteiger partial charge in [0.15, 0.2) is 0 Å². The van der Waals surface area contributed by atoms with Crippen LogP contribution in [0.2, 0.25) is 0 Å². The number of carbonyl (C=O) groups excluding carboxylic acids is 1. The number of rotatable bonds is 7. The molecule has 0 aliphatic heterocycles. The van der Waals surface area contributed by atoms with Crippen LogP contribution in [-0.2, 0) is 21.4 Å². The van der Waals surface area contributed by atoms with Gasteiger partial charge in [0.1, 0.15) is 12.3 Å². The van der Waals surface area contributed by atoms with Crippen LogP contribution in [0.1, 0.15) is 5.56 Å². The molecule has 2 aromatic carbocycles. The van der Waals surface area contributed by atoms with Gasteiger partial charge in [0.25, 0.3) is 0 Å². The first kappa shape index (κ1) is 19.3. The molecule has 0 radical (unpaired) electrons. The lowest BCUT2D eigenvalue weighted by molar-refractivity contribution is -0.119. The molecule has 2 aromatic rings. The standard InChI is InChI=1S/C17H19BrN2O4S/c1-24-16-6-4-3-5-13(16)11-19-17(21)12-20(25(2,22)23)15-9-7-14(18)8-10-15/h3-10H,11-12H2,1-2H3,(H,19,21). The molecular formula is C17H19BrN2O4S. The number of methoxy groups -OCH3 is 1. The first-order chi connectivity index (χ1) is 11.8. The normalized spacial score (nSPS) is 11.0. The monoisotopic (exact) mass is 426 g/mol. The fraction of sp³-hybridized carbons (Fsp3) is 0.235. The molecule has 0 bridgehead atoms. The van der Waals surface area contributed by atoms with Crippen molar-refractivity contribution in [3.8, 4) is 5.75 Å². The van der Waals surface area contributed by atoms with E-state index in [0.717, 1.165) is 20.6 Å². The topological polar surface area (TPSA) is 75.7 Å². The van der Waals surface area contributed by atoms with Crippen LogP contribution >= 0.6 is 15.9 Å². The summed E-state index contributed by atoms with van der Waals surface area (Å²) in [4.78, 5) is 12.2. The number of nitrogens with zero attached hydrogens (tertiary/aromatic N) is 1. The number of anilines is 1. The van der Waals surface area contributed by atoms with E-state index in [0.29, 0.717) is 11.4 Å². The van der Waals surface area contributed by atoms with E-state index in [9.17, 15) is 13.2 Å². The summed E-state index contributed by atoms with van der Waals surface area (Å²) in [5, 5.41) is 2.72. The summed E-state index contributed by atoms with van der Waals surface area (Å²) in [6.07, 6.45) is 1.07. The van der Waals surface area contributed by atoms with E-state index in [1.54, 1.807) is 37.4 Å². The van der Waals surface area contributed by atoms with E-state index in [-0.39, 0.29) is 13.1 Å². The molecule has 8 heteroatoms. The van der Waals surface area contributed by atoms with E-state index in [1.165, 1.54) is 0 Å². The van der Waals surface area contributed by atoms with Crippen molar-refractivity contribution in [2.75, 3.05) is 24.2 Å². The largest absolute Gasteiger partial charge is 0.496 e. The van der Waals surface area contributed by atoms with Crippen molar-refractivity contribution in [1.29, 1.82) is 0 Å². The van der Waals surface area contributed by atoms with Gasteiger partial charge in [-0.3, -0.25) is 9.10 Å². The Labute approximate surface area is 156 Å². The van der Waals surface area contributed by atoms with E-state index in [1.807, 2.05) is 18.2 Å². The highest BCUT2D eigenvalue weighted by atomic mass is 79.9. The zero-order valence-electron chi connectivity index (χ0n) is 13.9. The molecule has 134 valence electrons. The summed E-state index contributed by atoms with van der Waals surface area (Å²) < 4.78 is 31.2. The summed E-state index contributed by atoms with van der Waals surface area (Å²) in [5.74, 6) is 0.259. The third-order valence-corrected chi connectivity index (χ3v) is 5.14. The zero-order valence-corrected chi connectivity index (χ0v) is 16.3. The Morgan fingerprint density at radius 3 is 2.40 bits per heavy atom. The van der Waals surface area contributed by atoms with Crippen LogP contribution < -0.4 is 14.4 Å². The van der Waals surface area contributed by atoms with Gasteiger partial charge in [-0.1, -0.05) is 34.1 Å². The highest BCUT2D eigenvalue weighted by Gasteiger charge is 2.20. The molecule has 0 saturated carbocycles. The first-order valence-electron chi connectivity index (χ1n) is 7.43. The van der Waals surface area contributed by atoms with Gasteiger partial charge in [-0.25, -0.2) is 8.42 Å². The van der Waals surface area contributed by atoms with Crippen LogP contribution in [0.3, 0.4) is 0 Å². The fourth-order valence-electron chi connectivity index (χ4n) is 2.24. The minimum Gasteiger partial charge on any atom is -0.496 e. The van der Waals surface area contributed by atoms with Gasteiger partial charge in [0, 0.05) is 16.6 Å². The molecule has 0 unspecified atom stereocenters. The Kier molecular flexibility index (Phi) is 6.44. The fourth-order valence-corrected chi connectivity index (χ4v) is 3.36. The van der Waals surface area contributed by atoms with Crippen molar-refractivity contribution in [3.63, 3.8) is 0 Å². The molecule has 25 heavy (non-hydrogen) atoms. The molecule has 0 spiro atoms. The number of halogens is 1. The first-order valence-corrected chi connectivity index (χ1v) is 10.1. The Morgan fingerprint density at radius 1 is 1.16 bits per heavy atom. The molecule has 0 heterocycles. The second kappa shape index (κ2) is 8.35. The number of ether oxygens (including phenoxy) is 1. The van der Waals surface area contributed by atoms with Gasteiger partial charge in [-0.15, -0.1) is 0 Å². The summed E-state index contributed by atoms with van der Waals surface area (Å²) in [6.45, 7) is -0.0452. The van der Waals surface area contributed by atoms with Crippen LogP contribution in [0.4, 0.5) is 5.69 Å². The van der Waals surface area contributed by atoms with Crippen molar-refractivity contribution in [3.05, 3.63) is 58.6 Å². The number of amides is 1. The average molecular weight is 427 g/mol. The SMILES string of the molecule is COc1ccccc1CNC(=O)CN(c1ccc(Br)cc1)S(C)(=O)=O. The molecule has 0 aliphatic carbocycles. The van der Waals surface area contributed by atoms with Gasteiger partial charge in [-0.05, 0) is 30.3 Å². The second-order valence-electron chi connectivity index (χ2n) is 5.33. The number of benzene rings is 2. The summed E-state index contributed by atoms with van der Waals surface area (Å²) in [7, 11) is -2.03. The number of nitrogens with one attached hydrogen (secondary N) is 1. The maximum absolute atomic E-state index is 12.2. The molecule has 0 aromatic heterocycles. The molecule has 1 amide bonds. The number of para-hydroxylation sites is 1. The molecule has 0 saturated heterocycles. The zero-order chi connectivity index (χ0) is 18.4. The van der Waals surface area contributed by atoms with Crippen LogP contribution in [0.15, 0.2) is 53.0 Å². The molecule has 2 rings (SSSR count). The van der Waals surface area contributed by atoms with Gasteiger partial charge in [0.2, 0.25) is 15.9 Å². The number of carbonyl (C=O) groups is 1. The lowest BCUT2D eigenvalue weighted by Crippen LogP contribution is -2.40. The maximum atomic E-state index is 12.2.